The predicted molar refractivity (Wildman–Crippen MR) is 109 cm³/mol. The van der Waals surface area contributed by atoms with Gasteiger partial charge in [-0.2, -0.15) is 5.10 Å². The summed E-state index contributed by atoms with van der Waals surface area (Å²) in [7, 11) is -3.99. The highest BCUT2D eigenvalue weighted by Crippen LogP contribution is 2.33. The lowest BCUT2D eigenvalue weighted by atomic mass is 10.1. The van der Waals surface area contributed by atoms with Crippen molar-refractivity contribution in [2.24, 2.45) is 0 Å². The molecule has 0 atom stereocenters. The predicted octanol–water partition coefficient (Wildman–Crippen LogP) is 5.48. The molecule has 1 heterocycles. The fourth-order valence-corrected chi connectivity index (χ4v) is 4.65. The molecule has 0 aliphatic rings. The smallest absolute Gasteiger partial charge is 0.263 e. The van der Waals surface area contributed by atoms with E-state index in [2.05, 4.69) is 14.9 Å². The molecular formula is C19H12Cl2FN3O2S. The average Bonchev–Trinajstić information content (AvgIpc) is 3.04. The molecule has 0 bridgehead atoms. The molecule has 9 heteroatoms. The maximum Gasteiger partial charge on any atom is 0.263 e. The van der Waals surface area contributed by atoms with Crippen LogP contribution in [0.4, 0.5) is 10.1 Å². The van der Waals surface area contributed by atoms with Crippen LogP contribution >= 0.6 is 23.2 Å². The Labute approximate surface area is 170 Å². The number of nitrogens with one attached hydrogen (secondary N) is 2. The van der Waals surface area contributed by atoms with E-state index in [4.69, 9.17) is 23.2 Å². The van der Waals surface area contributed by atoms with E-state index in [1.807, 2.05) is 18.2 Å². The van der Waals surface area contributed by atoms with Gasteiger partial charge in [0.15, 0.2) is 0 Å². The Balaban J connectivity index is 1.70. The number of sulfonamides is 1. The Morgan fingerprint density at radius 3 is 2.50 bits per heavy atom. The van der Waals surface area contributed by atoms with Crippen LogP contribution in [0.1, 0.15) is 0 Å². The summed E-state index contributed by atoms with van der Waals surface area (Å²) in [5.41, 5.74) is 2.36. The Hall–Kier alpha value is -2.61. The molecule has 0 radical (unpaired) electrons. The Bertz CT molecular complexity index is 1310. The van der Waals surface area contributed by atoms with Gasteiger partial charge in [0.1, 0.15) is 16.4 Å². The molecule has 2 N–H and O–H groups in total. The SMILES string of the molecule is O=S(=O)(Nc1ccc2c(-c3ccccc3Cl)n[nH]c2c1)c1ccc(F)cc1Cl. The van der Waals surface area contributed by atoms with Gasteiger partial charge in [0.05, 0.1) is 21.2 Å². The first-order chi connectivity index (χ1) is 13.3. The summed E-state index contributed by atoms with van der Waals surface area (Å²) in [6.45, 7) is 0. The molecule has 0 amide bonds. The van der Waals surface area contributed by atoms with Gasteiger partial charge in [0.2, 0.25) is 0 Å². The van der Waals surface area contributed by atoms with Crippen molar-refractivity contribution in [3.8, 4) is 11.3 Å². The molecule has 4 rings (SSSR count). The summed E-state index contributed by atoms with van der Waals surface area (Å²) in [5.74, 6) is -0.616. The van der Waals surface area contributed by atoms with Crippen LogP contribution in [0.15, 0.2) is 65.6 Å². The summed E-state index contributed by atoms with van der Waals surface area (Å²) < 4.78 is 40.8. The third kappa shape index (κ3) is 3.44. The van der Waals surface area contributed by atoms with Crippen molar-refractivity contribution >= 4 is 49.8 Å². The molecule has 0 aliphatic carbocycles. The topological polar surface area (TPSA) is 74.8 Å². The van der Waals surface area contributed by atoms with Crippen LogP contribution in [0.3, 0.4) is 0 Å². The van der Waals surface area contributed by atoms with Crippen molar-refractivity contribution < 1.29 is 12.8 Å². The molecule has 0 saturated carbocycles. The molecule has 1 aromatic heterocycles. The quantitative estimate of drug-likeness (QED) is 0.445. The lowest BCUT2D eigenvalue weighted by Gasteiger charge is -2.10. The van der Waals surface area contributed by atoms with Gasteiger partial charge in [-0.15, -0.1) is 0 Å². The number of aromatic nitrogens is 2. The van der Waals surface area contributed by atoms with E-state index in [9.17, 15) is 12.8 Å². The summed E-state index contributed by atoms with van der Waals surface area (Å²) in [6, 6.07) is 15.4. The standard InChI is InChI=1S/C19H12Cl2FN3O2S/c20-15-4-2-1-3-13(15)19-14-7-6-12(10-17(14)23-24-19)25-28(26,27)18-8-5-11(22)9-16(18)21/h1-10,25H,(H,23,24). The second-order valence-electron chi connectivity index (χ2n) is 5.99. The minimum Gasteiger partial charge on any atom is -0.280 e. The third-order valence-electron chi connectivity index (χ3n) is 4.13. The summed E-state index contributed by atoms with van der Waals surface area (Å²) in [5, 5.41) is 8.33. The normalized spacial score (nSPS) is 11.7. The molecule has 0 spiro atoms. The zero-order valence-electron chi connectivity index (χ0n) is 14.1. The molecule has 142 valence electrons. The first-order valence-corrected chi connectivity index (χ1v) is 10.3. The zero-order valence-corrected chi connectivity index (χ0v) is 16.4. The van der Waals surface area contributed by atoms with Crippen molar-refractivity contribution in [3.63, 3.8) is 0 Å². The van der Waals surface area contributed by atoms with Crippen LogP contribution in [-0.4, -0.2) is 18.6 Å². The Morgan fingerprint density at radius 1 is 0.964 bits per heavy atom. The van der Waals surface area contributed by atoms with Gasteiger partial charge in [0, 0.05) is 10.9 Å². The van der Waals surface area contributed by atoms with Gasteiger partial charge in [-0.1, -0.05) is 41.4 Å². The van der Waals surface area contributed by atoms with Gasteiger partial charge < -0.3 is 0 Å². The molecule has 0 saturated heterocycles. The molecule has 4 aromatic rings. The van der Waals surface area contributed by atoms with Gasteiger partial charge in [-0.05, 0) is 42.5 Å². The number of hydrogen-bond acceptors (Lipinski definition) is 3. The second-order valence-corrected chi connectivity index (χ2v) is 8.46. The number of fused-ring (bicyclic) bond motifs is 1. The van der Waals surface area contributed by atoms with Gasteiger partial charge >= 0.3 is 0 Å². The molecule has 28 heavy (non-hydrogen) atoms. The monoisotopic (exact) mass is 435 g/mol. The van der Waals surface area contributed by atoms with E-state index in [-0.39, 0.29) is 9.92 Å². The highest BCUT2D eigenvalue weighted by molar-refractivity contribution is 7.92. The number of anilines is 1. The van der Waals surface area contributed by atoms with Gasteiger partial charge in [0.25, 0.3) is 10.0 Å². The molecular weight excluding hydrogens is 424 g/mol. The van der Waals surface area contributed by atoms with Crippen LogP contribution in [0.25, 0.3) is 22.2 Å². The number of rotatable bonds is 4. The third-order valence-corrected chi connectivity index (χ3v) is 6.32. The lowest BCUT2D eigenvalue weighted by molar-refractivity contribution is 0.600. The van der Waals surface area contributed by atoms with Gasteiger partial charge in [-0.3, -0.25) is 9.82 Å². The number of hydrogen-bond donors (Lipinski definition) is 2. The molecule has 3 aromatic carbocycles. The van der Waals surface area contributed by atoms with Crippen molar-refractivity contribution in [1.82, 2.24) is 10.2 Å². The summed E-state index contributed by atoms with van der Waals surface area (Å²) in [6.07, 6.45) is 0. The number of aromatic amines is 1. The first kappa shape index (κ1) is 18.7. The number of halogens is 3. The van der Waals surface area contributed by atoms with E-state index in [0.717, 1.165) is 29.1 Å². The molecule has 0 aliphatic heterocycles. The van der Waals surface area contributed by atoms with E-state index in [1.165, 1.54) is 0 Å². The minimum atomic E-state index is -3.99. The van der Waals surface area contributed by atoms with Crippen LogP contribution in [0, 0.1) is 5.82 Å². The molecule has 5 nitrogen and oxygen atoms in total. The highest BCUT2D eigenvalue weighted by Gasteiger charge is 2.19. The maximum absolute atomic E-state index is 13.2. The van der Waals surface area contributed by atoms with Crippen molar-refractivity contribution in [2.75, 3.05) is 4.72 Å². The van der Waals surface area contributed by atoms with E-state index >= 15 is 0 Å². The highest BCUT2D eigenvalue weighted by atomic mass is 35.5. The van der Waals surface area contributed by atoms with Crippen LogP contribution < -0.4 is 4.72 Å². The van der Waals surface area contributed by atoms with Crippen molar-refractivity contribution in [1.29, 1.82) is 0 Å². The van der Waals surface area contributed by atoms with E-state index in [1.54, 1.807) is 24.3 Å². The largest absolute Gasteiger partial charge is 0.280 e. The summed E-state index contributed by atoms with van der Waals surface area (Å²) >= 11 is 12.1. The molecule has 0 fully saturated rings. The van der Waals surface area contributed by atoms with Crippen LogP contribution in [0.5, 0.6) is 0 Å². The lowest BCUT2D eigenvalue weighted by Crippen LogP contribution is -2.13. The minimum absolute atomic E-state index is 0.198. The number of nitrogens with zero attached hydrogens (tertiary/aromatic N) is 1. The fourth-order valence-electron chi connectivity index (χ4n) is 2.84. The van der Waals surface area contributed by atoms with E-state index in [0.29, 0.717) is 21.9 Å². The maximum atomic E-state index is 13.2. The van der Waals surface area contributed by atoms with Crippen molar-refractivity contribution in [3.05, 3.63) is 76.5 Å². The van der Waals surface area contributed by atoms with Gasteiger partial charge in [-0.25, -0.2) is 12.8 Å². The van der Waals surface area contributed by atoms with Crippen molar-refractivity contribution in [2.45, 2.75) is 4.90 Å². The van der Waals surface area contributed by atoms with Crippen LogP contribution in [-0.2, 0) is 10.0 Å². The number of benzene rings is 3. The van der Waals surface area contributed by atoms with Crippen LogP contribution in [0.2, 0.25) is 10.0 Å². The Morgan fingerprint density at radius 2 is 1.75 bits per heavy atom. The fraction of sp³-hybridized carbons (Fsp3) is 0. The summed E-state index contributed by atoms with van der Waals surface area (Å²) in [4.78, 5) is -0.211. The average molecular weight is 436 g/mol. The second kappa shape index (κ2) is 7.09. The Kier molecular flexibility index (Phi) is 4.74. The zero-order chi connectivity index (χ0) is 19.9. The number of H-pyrrole nitrogens is 1. The molecule has 0 unspecified atom stereocenters. The van der Waals surface area contributed by atoms with E-state index < -0.39 is 15.8 Å². The first-order valence-electron chi connectivity index (χ1n) is 8.06.